The van der Waals surface area contributed by atoms with Crippen LogP contribution in [-0.4, -0.2) is 66.5 Å². The van der Waals surface area contributed by atoms with E-state index in [0.717, 1.165) is 24.8 Å². The van der Waals surface area contributed by atoms with Crippen LogP contribution in [0.3, 0.4) is 0 Å². The Morgan fingerprint density at radius 2 is 1.94 bits per heavy atom. The number of aromatic nitrogens is 3. The smallest absolute Gasteiger partial charge is 0.217 e. The highest BCUT2D eigenvalue weighted by molar-refractivity contribution is 7.71. The number of rotatable bonds is 8. The van der Waals surface area contributed by atoms with Gasteiger partial charge in [0.1, 0.15) is 24.4 Å². The van der Waals surface area contributed by atoms with Crippen LogP contribution in [0.2, 0.25) is 0 Å². The molecule has 0 spiro atoms. The van der Waals surface area contributed by atoms with Crippen LogP contribution in [0.4, 0.5) is 0 Å². The van der Waals surface area contributed by atoms with Gasteiger partial charge < -0.3 is 25.4 Å². The molecule has 31 heavy (non-hydrogen) atoms. The van der Waals surface area contributed by atoms with E-state index >= 15 is 0 Å². The first kappa shape index (κ1) is 23.6. The van der Waals surface area contributed by atoms with Gasteiger partial charge in [0.15, 0.2) is 12.1 Å². The average molecular weight is 451 g/mol. The summed E-state index contributed by atoms with van der Waals surface area (Å²) in [6, 6.07) is 8.60. The van der Waals surface area contributed by atoms with Crippen molar-refractivity contribution < 1.29 is 24.9 Å². The molecule has 0 radical (unpaired) electrons. The number of hydrogen-bond acceptors (Lipinski definition) is 7. The Kier molecular flexibility index (Phi) is 7.95. The lowest BCUT2D eigenvalue weighted by atomic mass is 9.96. The van der Waals surface area contributed by atoms with Crippen molar-refractivity contribution in [3.8, 4) is 11.4 Å². The van der Waals surface area contributed by atoms with Gasteiger partial charge in [-0.3, -0.25) is 9.36 Å². The van der Waals surface area contributed by atoms with E-state index in [9.17, 15) is 20.1 Å². The number of aliphatic hydroxyl groups excluding tert-OH is 3. The number of amides is 1. The van der Waals surface area contributed by atoms with E-state index in [4.69, 9.17) is 22.1 Å². The molecule has 2 heterocycles. The van der Waals surface area contributed by atoms with Crippen molar-refractivity contribution in [1.82, 2.24) is 19.7 Å². The van der Waals surface area contributed by atoms with Crippen LogP contribution < -0.4 is 5.32 Å². The van der Waals surface area contributed by atoms with E-state index in [-0.39, 0.29) is 0 Å². The molecule has 170 valence electrons. The zero-order valence-electron chi connectivity index (χ0n) is 17.7. The zero-order valence-corrected chi connectivity index (χ0v) is 18.5. The second-order valence-corrected chi connectivity index (χ2v) is 8.10. The summed E-state index contributed by atoms with van der Waals surface area (Å²) in [5.74, 6) is 0.248. The van der Waals surface area contributed by atoms with Crippen LogP contribution >= 0.6 is 12.2 Å². The van der Waals surface area contributed by atoms with E-state index in [1.54, 1.807) is 0 Å². The van der Waals surface area contributed by atoms with Gasteiger partial charge in [-0.2, -0.15) is 0 Å². The predicted octanol–water partition coefficient (Wildman–Crippen LogP) is 1.39. The fourth-order valence-corrected chi connectivity index (χ4v) is 4.12. The quantitative estimate of drug-likeness (QED) is 0.354. The molecule has 0 saturated carbocycles. The van der Waals surface area contributed by atoms with Crippen molar-refractivity contribution in [3.63, 3.8) is 0 Å². The average Bonchev–Trinajstić information content (AvgIpc) is 3.08. The normalized spacial score (nSPS) is 26.0. The van der Waals surface area contributed by atoms with E-state index < -0.39 is 43.1 Å². The first-order chi connectivity index (χ1) is 14.9. The second kappa shape index (κ2) is 10.5. The zero-order chi connectivity index (χ0) is 22.5. The summed E-state index contributed by atoms with van der Waals surface area (Å²) in [6.45, 7) is 3.59. The SMILES string of the molecule is CCCCCn1c(-c2ccccc2)nn([C@@H]2O[C@H](CO)[C@H](O)[C@H](O)[C@H]2NC(C)=O)c1=S. The summed E-state index contributed by atoms with van der Waals surface area (Å²) in [5, 5.41) is 37.9. The lowest BCUT2D eigenvalue weighted by Gasteiger charge is -2.42. The van der Waals surface area contributed by atoms with E-state index in [2.05, 4.69) is 12.2 Å². The van der Waals surface area contributed by atoms with Gasteiger partial charge in [0.05, 0.1) is 6.61 Å². The van der Waals surface area contributed by atoms with Gasteiger partial charge >= 0.3 is 0 Å². The predicted molar refractivity (Wildman–Crippen MR) is 117 cm³/mol. The van der Waals surface area contributed by atoms with Crippen molar-refractivity contribution in [2.45, 2.75) is 70.2 Å². The molecule has 1 aromatic carbocycles. The van der Waals surface area contributed by atoms with Crippen LogP contribution in [0.5, 0.6) is 0 Å². The topological polar surface area (TPSA) is 122 Å². The molecular formula is C21H30N4O5S. The largest absolute Gasteiger partial charge is 0.394 e. The van der Waals surface area contributed by atoms with Crippen LogP contribution in [0.1, 0.15) is 39.3 Å². The van der Waals surface area contributed by atoms with Crippen molar-refractivity contribution >= 4 is 18.1 Å². The third-order valence-corrected chi connectivity index (χ3v) is 5.82. The van der Waals surface area contributed by atoms with Crippen molar-refractivity contribution in [2.75, 3.05) is 6.61 Å². The molecule has 5 atom stereocenters. The molecule has 0 bridgehead atoms. The lowest BCUT2D eigenvalue weighted by molar-refractivity contribution is -0.219. The van der Waals surface area contributed by atoms with Crippen molar-refractivity contribution in [2.24, 2.45) is 0 Å². The second-order valence-electron chi connectivity index (χ2n) is 7.73. The van der Waals surface area contributed by atoms with Gasteiger partial charge in [-0.05, 0) is 18.6 Å². The maximum Gasteiger partial charge on any atom is 0.217 e. The number of ether oxygens (including phenoxy) is 1. The Hall–Kier alpha value is -2.11. The minimum atomic E-state index is -1.37. The van der Waals surface area contributed by atoms with Crippen LogP contribution in [0, 0.1) is 4.77 Å². The fraction of sp³-hybridized carbons (Fsp3) is 0.571. The molecule has 9 nitrogen and oxygen atoms in total. The minimum absolute atomic E-state index is 0.371. The van der Waals surface area contributed by atoms with Gasteiger partial charge in [0, 0.05) is 19.0 Å². The summed E-state index contributed by atoms with van der Waals surface area (Å²) >= 11 is 5.72. The number of hydrogen-bond donors (Lipinski definition) is 4. The van der Waals surface area contributed by atoms with Gasteiger partial charge in [-0.25, -0.2) is 4.68 Å². The number of carbonyl (C=O) groups excluding carboxylic acids is 1. The van der Waals surface area contributed by atoms with Crippen molar-refractivity contribution in [3.05, 3.63) is 35.1 Å². The molecular weight excluding hydrogens is 420 g/mol. The monoisotopic (exact) mass is 450 g/mol. The molecule has 1 aliphatic rings. The summed E-state index contributed by atoms with van der Waals surface area (Å²) in [7, 11) is 0. The molecule has 0 unspecified atom stereocenters. The maximum absolute atomic E-state index is 11.8. The Morgan fingerprint density at radius 1 is 1.23 bits per heavy atom. The minimum Gasteiger partial charge on any atom is -0.394 e. The Morgan fingerprint density at radius 3 is 2.55 bits per heavy atom. The summed E-state index contributed by atoms with van der Waals surface area (Å²) in [4.78, 5) is 11.8. The Labute approximate surface area is 186 Å². The van der Waals surface area contributed by atoms with E-state index in [1.807, 2.05) is 34.9 Å². The number of carbonyl (C=O) groups is 1. The van der Waals surface area contributed by atoms with Gasteiger partial charge in [0.25, 0.3) is 0 Å². The lowest BCUT2D eigenvalue weighted by Crippen LogP contribution is -2.62. The highest BCUT2D eigenvalue weighted by atomic mass is 32.1. The third-order valence-electron chi connectivity index (χ3n) is 5.41. The van der Waals surface area contributed by atoms with Crippen LogP contribution in [0.15, 0.2) is 30.3 Å². The van der Waals surface area contributed by atoms with Crippen LogP contribution in [0.25, 0.3) is 11.4 Å². The number of nitrogens with one attached hydrogen (secondary N) is 1. The molecule has 4 N–H and O–H groups in total. The number of nitrogens with zero attached hydrogens (tertiary/aromatic N) is 3. The van der Waals surface area contributed by atoms with Gasteiger partial charge in [-0.1, -0.05) is 50.1 Å². The molecule has 3 rings (SSSR count). The van der Waals surface area contributed by atoms with Crippen molar-refractivity contribution in [1.29, 1.82) is 0 Å². The molecule has 0 aliphatic carbocycles. The first-order valence-corrected chi connectivity index (χ1v) is 10.9. The Bertz CT molecular complexity index is 932. The molecule has 1 aromatic heterocycles. The van der Waals surface area contributed by atoms with E-state index in [0.29, 0.717) is 17.1 Å². The molecule has 1 fully saturated rings. The van der Waals surface area contributed by atoms with Crippen LogP contribution in [-0.2, 0) is 16.1 Å². The molecule has 2 aromatic rings. The van der Waals surface area contributed by atoms with Gasteiger partial charge in [0.2, 0.25) is 10.7 Å². The summed E-state index contributed by atoms with van der Waals surface area (Å²) in [5.41, 5.74) is 0.870. The third kappa shape index (κ3) is 5.04. The standard InChI is InChI=1S/C21H30N4O5S/c1-3-4-8-11-24-19(14-9-6-5-7-10-14)23-25(21(24)31)20-16(22-13(2)27)18(29)17(28)15(12-26)30-20/h5-7,9-10,15-18,20,26,28-29H,3-4,8,11-12H2,1-2H3,(H,22,27)/t15-,16-,17+,18-,20-/m1/s1. The fourth-order valence-electron chi connectivity index (χ4n) is 3.80. The molecule has 1 amide bonds. The van der Waals surface area contributed by atoms with E-state index in [1.165, 1.54) is 11.6 Å². The number of aliphatic hydroxyl groups is 3. The maximum atomic E-state index is 11.8. The first-order valence-electron chi connectivity index (χ1n) is 10.5. The van der Waals surface area contributed by atoms with Gasteiger partial charge in [-0.15, -0.1) is 5.10 Å². The summed E-state index contributed by atoms with van der Waals surface area (Å²) < 4.78 is 9.61. The number of benzene rings is 1. The highest BCUT2D eigenvalue weighted by Gasteiger charge is 2.46. The molecule has 1 saturated heterocycles. The molecule has 1 aliphatic heterocycles. The highest BCUT2D eigenvalue weighted by Crippen LogP contribution is 2.30. The molecule has 10 heteroatoms. The Balaban J connectivity index is 2.08. The number of unbranched alkanes of at least 4 members (excludes halogenated alkanes) is 2. The summed E-state index contributed by atoms with van der Waals surface area (Å²) in [6.07, 6.45) is -1.77.